The molecule has 1 aliphatic rings. The van der Waals surface area contributed by atoms with E-state index < -0.39 is 0 Å². The average molecular weight is 193 g/mol. The minimum absolute atomic E-state index is 0.0865. The summed E-state index contributed by atoms with van der Waals surface area (Å²) in [6.45, 7) is 5.40. The zero-order valence-electron chi connectivity index (χ0n) is 8.58. The minimum atomic E-state index is 0.0865. The molecule has 0 atom stereocenters. The summed E-state index contributed by atoms with van der Waals surface area (Å²) in [7, 11) is 0. The largest absolute Gasteiger partial charge is 0.338 e. The molecular weight excluding hydrogens is 178 g/mol. The molecule has 1 aromatic heterocycles. The summed E-state index contributed by atoms with van der Waals surface area (Å²) in [6.07, 6.45) is 2.71. The van der Waals surface area contributed by atoms with Crippen molar-refractivity contribution in [1.29, 1.82) is 0 Å². The second kappa shape index (κ2) is 3.44. The molecular formula is C10H15N3O. The lowest BCUT2D eigenvalue weighted by Gasteiger charge is -2.27. The molecule has 76 valence electrons. The predicted molar refractivity (Wildman–Crippen MR) is 52.5 cm³/mol. The number of hydrogen-bond donors (Lipinski definition) is 1. The van der Waals surface area contributed by atoms with E-state index in [1.807, 2.05) is 24.9 Å². The fourth-order valence-electron chi connectivity index (χ4n) is 1.78. The van der Waals surface area contributed by atoms with E-state index in [1.54, 1.807) is 0 Å². The van der Waals surface area contributed by atoms with Crippen LogP contribution in [-0.2, 0) is 17.8 Å². The van der Waals surface area contributed by atoms with Gasteiger partial charge in [-0.15, -0.1) is 0 Å². The first-order chi connectivity index (χ1) is 6.68. The highest BCUT2D eigenvalue weighted by Gasteiger charge is 2.23. The molecule has 14 heavy (non-hydrogen) atoms. The van der Waals surface area contributed by atoms with E-state index in [9.17, 15) is 4.79 Å². The summed E-state index contributed by atoms with van der Waals surface area (Å²) in [4.78, 5) is 13.6. The second-order valence-electron chi connectivity index (χ2n) is 4.04. The average Bonchev–Trinajstić information content (AvgIpc) is 2.62. The Kier molecular flexibility index (Phi) is 2.27. The number of nitrogens with one attached hydrogen (secondary N) is 1. The zero-order chi connectivity index (χ0) is 10.1. The van der Waals surface area contributed by atoms with Crippen LogP contribution in [0.2, 0.25) is 0 Å². The van der Waals surface area contributed by atoms with Crippen molar-refractivity contribution in [2.75, 3.05) is 6.54 Å². The number of aromatic nitrogens is 2. The van der Waals surface area contributed by atoms with Crippen LogP contribution < -0.4 is 0 Å². The number of amides is 1. The van der Waals surface area contributed by atoms with Crippen molar-refractivity contribution in [1.82, 2.24) is 15.1 Å². The highest BCUT2D eigenvalue weighted by molar-refractivity contribution is 5.78. The van der Waals surface area contributed by atoms with Crippen LogP contribution in [0.25, 0.3) is 0 Å². The lowest BCUT2D eigenvalue weighted by Crippen LogP contribution is -2.38. The van der Waals surface area contributed by atoms with Crippen molar-refractivity contribution < 1.29 is 4.79 Å². The van der Waals surface area contributed by atoms with Gasteiger partial charge < -0.3 is 4.90 Å². The first-order valence-corrected chi connectivity index (χ1v) is 4.98. The maximum Gasteiger partial charge on any atom is 0.225 e. The quantitative estimate of drug-likeness (QED) is 0.722. The van der Waals surface area contributed by atoms with Crippen molar-refractivity contribution in [2.45, 2.75) is 26.8 Å². The molecule has 0 unspecified atom stereocenters. The summed E-state index contributed by atoms with van der Waals surface area (Å²) >= 11 is 0. The fraction of sp³-hybridized carbons (Fsp3) is 0.600. The van der Waals surface area contributed by atoms with Crippen molar-refractivity contribution in [3.63, 3.8) is 0 Å². The summed E-state index contributed by atoms with van der Waals surface area (Å²) in [5.74, 6) is 0.320. The van der Waals surface area contributed by atoms with Gasteiger partial charge in [-0.05, 0) is 0 Å². The summed E-state index contributed by atoms with van der Waals surface area (Å²) in [5.41, 5.74) is 2.34. The van der Waals surface area contributed by atoms with Gasteiger partial charge in [0.2, 0.25) is 5.91 Å². The Morgan fingerprint density at radius 2 is 2.43 bits per heavy atom. The van der Waals surface area contributed by atoms with E-state index in [0.29, 0.717) is 6.54 Å². The Hall–Kier alpha value is -1.32. The molecule has 4 heteroatoms. The molecule has 4 nitrogen and oxygen atoms in total. The molecule has 0 saturated heterocycles. The highest BCUT2D eigenvalue weighted by Crippen LogP contribution is 2.17. The summed E-state index contributed by atoms with van der Waals surface area (Å²) < 4.78 is 0. The number of rotatable bonds is 1. The van der Waals surface area contributed by atoms with E-state index in [0.717, 1.165) is 18.5 Å². The monoisotopic (exact) mass is 193 g/mol. The van der Waals surface area contributed by atoms with Gasteiger partial charge >= 0.3 is 0 Å². The standard InChI is InChI=1S/C10H15N3O/c1-7(2)10(14)13-4-3-9-8(6-13)5-11-12-9/h5,7H,3-4,6H2,1-2H3,(H,11,12). The maximum absolute atomic E-state index is 11.7. The number of H-pyrrole nitrogens is 1. The Bertz CT molecular complexity index is 343. The Labute approximate surface area is 83.3 Å². The van der Waals surface area contributed by atoms with Crippen molar-refractivity contribution >= 4 is 5.91 Å². The van der Waals surface area contributed by atoms with Crippen molar-refractivity contribution in [2.24, 2.45) is 5.92 Å². The molecule has 0 bridgehead atoms. The normalized spacial score (nSPS) is 15.8. The SMILES string of the molecule is CC(C)C(=O)N1CCc2[nH]ncc2C1. The van der Waals surface area contributed by atoms with Crippen LogP contribution in [0.1, 0.15) is 25.1 Å². The molecule has 1 aromatic rings. The lowest BCUT2D eigenvalue weighted by atomic mass is 10.1. The topological polar surface area (TPSA) is 49.0 Å². The first kappa shape index (κ1) is 9.24. The van der Waals surface area contributed by atoms with Gasteiger partial charge in [-0.1, -0.05) is 13.8 Å². The molecule has 0 spiro atoms. The Morgan fingerprint density at radius 3 is 3.14 bits per heavy atom. The van der Waals surface area contributed by atoms with Crippen LogP contribution in [0.4, 0.5) is 0 Å². The molecule has 2 heterocycles. The molecule has 2 rings (SSSR count). The third-order valence-corrected chi connectivity index (χ3v) is 2.61. The van der Waals surface area contributed by atoms with E-state index in [1.165, 1.54) is 5.69 Å². The Morgan fingerprint density at radius 1 is 1.64 bits per heavy atom. The predicted octanol–water partition coefficient (Wildman–Crippen LogP) is 0.950. The van der Waals surface area contributed by atoms with Gasteiger partial charge in [0.1, 0.15) is 0 Å². The van der Waals surface area contributed by atoms with E-state index in [4.69, 9.17) is 0 Å². The summed E-state index contributed by atoms with van der Waals surface area (Å²) in [6, 6.07) is 0. The van der Waals surface area contributed by atoms with Gasteiger partial charge in [-0.25, -0.2) is 0 Å². The van der Waals surface area contributed by atoms with Gasteiger partial charge in [0, 0.05) is 36.7 Å². The molecule has 1 amide bonds. The smallest absolute Gasteiger partial charge is 0.225 e. The third kappa shape index (κ3) is 1.52. The van der Waals surface area contributed by atoms with E-state index in [-0.39, 0.29) is 11.8 Å². The van der Waals surface area contributed by atoms with Crippen LogP contribution in [0.5, 0.6) is 0 Å². The van der Waals surface area contributed by atoms with Crippen LogP contribution in [-0.4, -0.2) is 27.5 Å². The van der Waals surface area contributed by atoms with E-state index in [2.05, 4.69) is 10.2 Å². The van der Waals surface area contributed by atoms with Gasteiger partial charge in [-0.3, -0.25) is 9.89 Å². The fourth-order valence-corrected chi connectivity index (χ4v) is 1.78. The van der Waals surface area contributed by atoms with Gasteiger partial charge in [0.15, 0.2) is 0 Å². The van der Waals surface area contributed by atoms with Crippen LogP contribution in [0.15, 0.2) is 6.20 Å². The third-order valence-electron chi connectivity index (χ3n) is 2.61. The molecule has 0 aromatic carbocycles. The molecule has 1 aliphatic heterocycles. The lowest BCUT2D eigenvalue weighted by molar-refractivity contribution is -0.135. The number of carbonyl (C=O) groups is 1. The van der Waals surface area contributed by atoms with Crippen molar-refractivity contribution in [3.8, 4) is 0 Å². The summed E-state index contributed by atoms with van der Waals surface area (Å²) in [5, 5.41) is 6.94. The van der Waals surface area contributed by atoms with Crippen molar-refractivity contribution in [3.05, 3.63) is 17.5 Å². The maximum atomic E-state index is 11.7. The number of aromatic amines is 1. The number of fused-ring (bicyclic) bond motifs is 1. The number of nitrogens with zero attached hydrogens (tertiary/aromatic N) is 2. The van der Waals surface area contributed by atoms with Crippen LogP contribution >= 0.6 is 0 Å². The molecule has 0 saturated carbocycles. The zero-order valence-corrected chi connectivity index (χ0v) is 8.58. The van der Waals surface area contributed by atoms with Gasteiger partial charge in [-0.2, -0.15) is 5.10 Å². The van der Waals surface area contributed by atoms with E-state index >= 15 is 0 Å². The highest BCUT2D eigenvalue weighted by atomic mass is 16.2. The molecule has 0 fully saturated rings. The number of hydrogen-bond acceptors (Lipinski definition) is 2. The molecule has 1 N–H and O–H groups in total. The van der Waals surface area contributed by atoms with Crippen LogP contribution in [0, 0.1) is 5.92 Å². The van der Waals surface area contributed by atoms with Gasteiger partial charge in [0.05, 0.1) is 6.20 Å². The minimum Gasteiger partial charge on any atom is -0.338 e. The number of carbonyl (C=O) groups excluding carboxylic acids is 1. The molecule has 0 aliphatic carbocycles. The molecule has 0 radical (unpaired) electrons. The Balaban J connectivity index is 2.11. The van der Waals surface area contributed by atoms with Gasteiger partial charge in [0.25, 0.3) is 0 Å². The second-order valence-corrected chi connectivity index (χ2v) is 4.04. The first-order valence-electron chi connectivity index (χ1n) is 4.98. The van der Waals surface area contributed by atoms with Crippen LogP contribution in [0.3, 0.4) is 0 Å².